The molecule has 0 amide bonds. The van der Waals surface area contributed by atoms with Gasteiger partial charge in [-0.15, -0.1) is 0 Å². The van der Waals surface area contributed by atoms with Gasteiger partial charge in [0.15, 0.2) is 0 Å². The first-order valence-electron chi connectivity index (χ1n) is 7.39. The van der Waals surface area contributed by atoms with Gasteiger partial charge < -0.3 is 10.4 Å². The maximum atomic E-state index is 12.8. The summed E-state index contributed by atoms with van der Waals surface area (Å²) in [6, 6.07) is 3.74. The van der Waals surface area contributed by atoms with Crippen molar-refractivity contribution < 1.29 is 18.3 Å². The Hall–Kier alpha value is -1.23. The Kier molecular flexibility index (Phi) is 4.81. The van der Waals surface area contributed by atoms with Gasteiger partial charge in [0.1, 0.15) is 0 Å². The molecule has 1 saturated carbocycles. The van der Waals surface area contributed by atoms with E-state index in [1.165, 1.54) is 12.5 Å². The molecule has 0 radical (unpaired) electrons. The number of aliphatic hydroxyl groups is 1. The molecule has 2 N–H and O–H groups in total. The zero-order chi connectivity index (χ0) is 15.5. The molecular formula is C16H22F3NO. The first kappa shape index (κ1) is 16.1. The highest BCUT2D eigenvalue weighted by atomic mass is 19.4. The fourth-order valence-corrected chi connectivity index (χ4v) is 2.96. The molecule has 21 heavy (non-hydrogen) atoms. The Bertz CT molecular complexity index is 479. The molecule has 1 aliphatic carbocycles. The minimum atomic E-state index is -4.33. The van der Waals surface area contributed by atoms with E-state index in [0.717, 1.165) is 43.4 Å². The Labute approximate surface area is 123 Å². The number of halogens is 3. The maximum Gasteiger partial charge on any atom is 0.416 e. The number of benzene rings is 1. The van der Waals surface area contributed by atoms with Gasteiger partial charge >= 0.3 is 6.18 Å². The van der Waals surface area contributed by atoms with Gasteiger partial charge in [-0.2, -0.15) is 13.2 Å². The van der Waals surface area contributed by atoms with Gasteiger partial charge in [-0.1, -0.05) is 25.3 Å². The molecule has 5 heteroatoms. The third-order valence-corrected chi connectivity index (χ3v) is 4.47. The van der Waals surface area contributed by atoms with Gasteiger partial charge in [0, 0.05) is 17.6 Å². The molecule has 0 bridgehead atoms. The van der Waals surface area contributed by atoms with E-state index >= 15 is 0 Å². The Morgan fingerprint density at radius 3 is 2.43 bits per heavy atom. The zero-order valence-electron chi connectivity index (χ0n) is 12.3. The monoisotopic (exact) mass is 301 g/mol. The molecule has 0 spiro atoms. The normalized spacial score (nSPS) is 18.5. The van der Waals surface area contributed by atoms with Crippen LogP contribution in [-0.4, -0.2) is 18.3 Å². The molecule has 0 saturated heterocycles. The summed E-state index contributed by atoms with van der Waals surface area (Å²) in [7, 11) is 0. The Morgan fingerprint density at radius 2 is 1.86 bits per heavy atom. The fourth-order valence-electron chi connectivity index (χ4n) is 2.96. The lowest BCUT2D eigenvalue weighted by Crippen LogP contribution is -2.35. The number of nitrogens with one attached hydrogen (secondary N) is 1. The van der Waals surface area contributed by atoms with Crippen LogP contribution in [0, 0.1) is 12.3 Å². The summed E-state index contributed by atoms with van der Waals surface area (Å²) in [5.74, 6) is 0. The van der Waals surface area contributed by atoms with Crippen LogP contribution in [-0.2, 0) is 6.18 Å². The van der Waals surface area contributed by atoms with Crippen molar-refractivity contribution >= 4 is 5.69 Å². The van der Waals surface area contributed by atoms with Crippen LogP contribution >= 0.6 is 0 Å². The van der Waals surface area contributed by atoms with Crippen LogP contribution in [0.25, 0.3) is 0 Å². The van der Waals surface area contributed by atoms with E-state index in [4.69, 9.17) is 0 Å². The average molecular weight is 301 g/mol. The van der Waals surface area contributed by atoms with Gasteiger partial charge in [-0.3, -0.25) is 0 Å². The number of alkyl halides is 3. The van der Waals surface area contributed by atoms with Gasteiger partial charge in [0.05, 0.1) is 12.2 Å². The summed E-state index contributed by atoms with van der Waals surface area (Å²) >= 11 is 0. The van der Waals surface area contributed by atoms with Crippen molar-refractivity contribution in [2.75, 3.05) is 18.5 Å². The molecule has 1 aromatic rings. The third-order valence-electron chi connectivity index (χ3n) is 4.47. The first-order valence-corrected chi connectivity index (χ1v) is 7.39. The highest BCUT2D eigenvalue weighted by Gasteiger charge is 2.33. The quantitative estimate of drug-likeness (QED) is 0.865. The number of aryl methyl sites for hydroxylation is 1. The number of aliphatic hydroxyl groups excluding tert-OH is 1. The summed E-state index contributed by atoms with van der Waals surface area (Å²) in [5, 5.41) is 12.8. The molecule has 118 valence electrons. The van der Waals surface area contributed by atoms with E-state index in [1.807, 2.05) is 0 Å². The summed E-state index contributed by atoms with van der Waals surface area (Å²) in [6.45, 7) is 2.39. The summed E-state index contributed by atoms with van der Waals surface area (Å²) in [5.41, 5.74) is 0.450. The van der Waals surface area contributed by atoms with Crippen molar-refractivity contribution in [2.24, 2.45) is 5.41 Å². The van der Waals surface area contributed by atoms with Crippen LogP contribution in [0.3, 0.4) is 0 Å². The molecule has 0 heterocycles. The van der Waals surface area contributed by atoms with Crippen LogP contribution in [0.15, 0.2) is 18.2 Å². The molecule has 2 rings (SSSR count). The predicted octanol–water partition coefficient (Wildman–Crippen LogP) is 4.37. The van der Waals surface area contributed by atoms with Crippen LogP contribution in [0.4, 0.5) is 18.9 Å². The first-order chi connectivity index (χ1) is 9.86. The highest BCUT2D eigenvalue weighted by Crippen LogP contribution is 2.37. The molecule has 0 aromatic heterocycles. The minimum absolute atomic E-state index is 0.0814. The number of anilines is 1. The molecule has 1 aliphatic rings. The van der Waals surface area contributed by atoms with Crippen molar-refractivity contribution in [3.8, 4) is 0 Å². The van der Waals surface area contributed by atoms with Crippen molar-refractivity contribution in [1.29, 1.82) is 0 Å². The van der Waals surface area contributed by atoms with Crippen molar-refractivity contribution in [1.82, 2.24) is 0 Å². The van der Waals surface area contributed by atoms with Crippen LogP contribution in [0.2, 0.25) is 0 Å². The third kappa shape index (κ3) is 3.90. The minimum Gasteiger partial charge on any atom is -0.396 e. The number of hydrogen-bond acceptors (Lipinski definition) is 2. The van der Waals surface area contributed by atoms with Crippen molar-refractivity contribution in [2.45, 2.75) is 45.2 Å². The molecule has 0 unspecified atom stereocenters. The van der Waals surface area contributed by atoms with Crippen molar-refractivity contribution in [3.63, 3.8) is 0 Å². The molecular weight excluding hydrogens is 279 g/mol. The summed E-state index contributed by atoms with van der Waals surface area (Å²) in [4.78, 5) is 0. The van der Waals surface area contributed by atoms with Crippen LogP contribution < -0.4 is 5.32 Å². The van der Waals surface area contributed by atoms with E-state index < -0.39 is 11.7 Å². The van der Waals surface area contributed by atoms with E-state index in [0.29, 0.717) is 12.2 Å². The summed E-state index contributed by atoms with van der Waals surface area (Å²) < 4.78 is 38.3. The van der Waals surface area contributed by atoms with Gasteiger partial charge in [-0.25, -0.2) is 0 Å². The summed E-state index contributed by atoms with van der Waals surface area (Å²) in [6.07, 6.45) is 0.838. The van der Waals surface area contributed by atoms with Gasteiger partial charge in [0.2, 0.25) is 0 Å². The lowest BCUT2D eigenvalue weighted by Gasteiger charge is -2.36. The second kappa shape index (κ2) is 6.26. The van der Waals surface area contributed by atoms with E-state index in [9.17, 15) is 18.3 Å². The number of hydrogen-bond donors (Lipinski definition) is 2. The maximum absolute atomic E-state index is 12.8. The molecule has 0 aliphatic heterocycles. The van der Waals surface area contributed by atoms with E-state index in [2.05, 4.69) is 5.32 Å². The fraction of sp³-hybridized carbons (Fsp3) is 0.625. The zero-order valence-corrected chi connectivity index (χ0v) is 12.3. The average Bonchev–Trinajstić information content (AvgIpc) is 2.46. The van der Waals surface area contributed by atoms with Crippen LogP contribution in [0.1, 0.15) is 43.2 Å². The highest BCUT2D eigenvalue weighted by molar-refractivity contribution is 5.53. The molecule has 1 fully saturated rings. The molecule has 2 nitrogen and oxygen atoms in total. The van der Waals surface area contributed by atoms with Gasteiger partial charge in [0.25, 0.3) is 0 Å². The standard InChI is InChI=1S/C16H22F3NO/c1-12-5-6-13(16(17,18)19)9-14(12)20-10-15(11-21)7-3-2-4-8-15/h5-6,9,20-21H,2-4,7-8,10-11H2,1H3. The van der Waals surface area contributed by atoms with Crippen molar-refractivity contribution in [3.05, 3.63) is 29.3 Å². The predicted molar refractivity (Wildman–Crippen MR) is 77.3 cm³/mol. The topological polar surface area (TPSA) is 32.3 Å². The lowest BCUT2D eigenvalue weighted by atomic mass is 9.74. The Balaban J connectivity index is 2.11. The lowest BCUT2D eigenvalue weighted by molar-refractivity contribution is -0.137. The molecule has 1 aromatic carbocycles. The number of rotatable bonds is 4. The van der Waals surface area contributed by atoms with E-state index in [1.54, 1.807) is 6.92 Å². The largest absolute Gasteiger partial charge is 0.416 e. The Morgan fingerprint density at radius 1 is 1.19 bits per heavy atom. The smallest absolute Gasteiger partial charge is 0.396 e. The van der Waals surface area contributed by atoms with Gasteiger partial charge in [-0.05, 0) is 37.5 Å². The van der Waals surface area contributed by atoms with Crippen LogP contribution in [0.5, 0.6) is 0 Å². The van der Waals surface area contributed by atoms with E-state index in [-0.39, 0.29) is 12.0 Å². The second-order valence-corrected chi connectivity index (χ2v) is 6.10. The SMILES string of the molecule is Cc1ccc(C(F)(F)F)cc1NCC1(CO)CCCCC1. The molecule has 0 atom stereocenters. The second-order valence-electron chi connectivity index (χ2n) is 6.10.